The van der Waals surface area contributed by atoms with E-state index in [0.29, 0.717) is 6.42 Å². The summed E-state index contributed by atoms with van der Waals surface area (Å²) >= 11 is 0. The lowest BCUT2D eigenvalue weighted by Gasteiger charge is -2.28. The van der Waals surface area contributed by atoms with Gasteiger partial charge < -0.3 is 10.0 Å². The zero-order valence-corrected chi connectivity index (χ0v) is 12.9. The third kappa shape index (κ3) is 4.13. The van der Waals surface area contributed by atoms with Gasteiger partial charge in [0.15, 0.2) is 11.6 Å². The normalized spacial score (nSPS) is 12.0. The molecule has 3 nitrogen and oxygen atoms in total. The predicted molar refractivity (Wildman–Crippen MR) is 83.7 cm³/mol. The van der Waals surface area contributed by atoms with Crippen molar-refractivity contribution in [1.82, 2.24) is 4.90 Å². The number of nitrogens with zero attached hydrogens (tertiary/aromatic N) is 1. The minimum Gasteiger partial charge on any atom is -0.396 e. The summed E-state index contributed by atoms with van der Waals surface area (Å²) < 4.78 is 27.0. The fourth-order valence-electron chi connectivity index (χ4n) is 2.53. The van der Waals surface area contributed by atoms with E-state index >= 15 is 0 Å². The molecule has 0 bridgehead atoms. The van der Waals surface area contributed by atoms with Gasteiger partial charge in [-0.25, -0.2) is 8.78 Å². The Hall–Kier alpha value is -2.27. The van der Waals surface area contributed by atoms with Gasteiger partial charge in [0, 0.05) is 19.2 Å². The van der Waals surface area contributed by atoms with E-state index in [9.17, 15) is 18.7 Å². The molecule has 0 heterocycles. The second kappa shape index (κ2) is 7.83. The molecule has 1 unspecified atom stereocenters. The van der Waals surface area contributed by atoms with Gasteiger partial charge in [0.1, 0.15) is 0 Å². The number of amides is 1. The van der Waals surface area contributed by atoms with E-state index in [0.717, 1.165) is 11.6 Å². The van der Waals surface area contributed by atoms with Crippen molar-refractivity contribution in [2.45, 2.75) is 18.9 Å². The quantitative estimate of drug-likeness (QED) is 0.889. The first-order valence-electron chi connectivity index (χ1n) is 7.39. The van der Waals surface area contributed by atoms with Crippen LogP contribution in [-0.2, 0) is 11.2 Å². The number of rotatable bonds is 6. The number of aliphatic hydroxyl groups excluding tert-OH is 1. The van der Waals surface area contributed by atoms with Gasteiger partial charge in [0.05, 0.1) is 12.5 Å². The first kappa shape index (κ1) is 17.1. The molecule has 23 heavy (non-hydrogen) atoms. The fourth-order valence-corrected chi connectivity index (χ4v) is 2.53. The number of halogens is 2. The highest BCUT2D eigenvalue weighted by Crippen LogP contribution is 2.24. The first-order valence-corrected chi connectivity index (χ1v) is 7.39. The van der Waals surface area contributed by atoms with Gasteiger partial charge in [0.25, 0.3) is 0 Å². The molecule has 5 heteroatoms. The lowest BCUT2D eigenvalue weighted by molar-refractivity contribution is -0.131. The molecule has 2 aromatic rings. The van der Waals surface area contributed by atoms with E-state index in [1.165, 1.54) is 17.0 Å². The highest BCUT2D eigenvalue weighted by atomic mass is 19.2. The van der Waals surface area contributed by atoms with Crippen molar-refractivity contribution in [3.05, 3.63) is 71.3 Å². The number of aliphatic hydroxyl groups is 1. The smallest absolute Gasteiger partial charge is 0.227 e. The monoisotopic (exact) mass is 319 g/mol. The Labute approximate surface area is 134 Å². The summed E-state index contributed by atoms with van der Waals surface area (Å²) in [6.45, 7) is -0.0779. The van der Waals surface area contributed by atoms with Crippen molar-refractivity contribution in [3.8, 4) is 0 Å². The Morgan fingerprint density at radius 2 is 1.83 bits per heavy atom. The molecule has 0 saturated carbocycles. The van der Waals surface area contributed by atoms with Crippen molar-refractivity contribution in [2.75, 3.05) is 13.7 Å². The van der Waals surface area contributed by atoms with Gasteiger partial charge in [-0.05, 0) is 18.1 Å². The van der Waals surface area contributed by atoms with Crippen LogP contribution in [0.4, 0.5) is 8.78 Å². The van der Waals surface area contributed by atoms with Gasteiger partial charge in [0.2, 0.25) is 5.91 Å². The standard InChI is InChI=1S/C18H19F2NO2/c1-21(16(10-11-22)13-6-3-2-4-7-13)17(23)12-14-8-5-9-15(19)18(14)20/h2-9,16,22H,10-12H2,1H3. The van der Waals surface area contributed by atoms with Crippen LogP contribution in [0.3, 0.4) is 0 Å². The third-order valence-electron chi connectivity index (χ3n) is 3.82. The summed E-state index contributed by atoms with van der Waals surface area (Å²) in [5, 5.41) is 9.25. The van der Waals surface area contributed by atoms with Crippen molar-refractivity contribution in [2.24, 2.45) is 0 Å². The minimum atomic E-state index is -0.993. The van der Waals surface area contributed by atoms with Crippen LogP contribution < -0.4 is 0 Å². The van der Waals surface area contributed by atoms with E-state index in [4.69, 9.17) is 0 Å². The lowest BCUT2D eigenvalue weighted by Crippen LogP contribution is -2.33. The average molecular weight is 319 g/mol. The first-order chi connectivity index (χ1) is 11.0. The molecule has 2 rings (SSSR count). The second-order valence-corrected chi connectivity index (χ2v) is 5.33. The van der Waals surface area contributed by atoms with Crippen LogP contribution in [0.15, 0.2) is 48.5 Å². The Kier molecular flexibility index (Phi) is 5.82. The summed E-state index contributed by atoms with van der Waals surface area (Å²) in [4.78, 5) is 13.9. The van der Waals surface area contributed by atoms with Crippen molar-refractivity contribution < 1.29 is 18.7 Å². The average Bonchev–Trinajstić information content (AvgIpc) is 2.57. The summed E-state index contributed by atoms with van der Waals surface area (Å²) in [6, 6.07) is 12.8. The molecule has 2 aromatic carbocycles. The number of benzene rings is 2. The summed E-state index contributed by atoms with van der Waals surface area (Å²) in [5.74, 6) is -2.29. The molecule has 0 fully saturated rings. The molecule has 1 N–H and O–H groups in total. The molecule has 122 valence electrons. The number of hydrogen-bond acceptors (Lipinski definition) is 2. The molecule has 0 aromatic heterocycles. The molecule has 0 aliphatic carbocycles. The van der Waals surface area contributed by atoms with Crippen LogP contribution >= 0.6 is 0 Å². The van der Waals surface area contributed by atoms with Crippen LogP contribution in [0.5, 0.6) is 0 Å². The molecule has 0 radical (unpaired) electrons. The number of hydrogen-bond donors (Lipinski definition) is 1. The fraction of sp³-hybridized carbons (Fsp3) is 0.278. The number of carbonyl (C=O) groups excluding carboxylic acids is 1. The molecule has 1 amide bonds. The summed E-state index contributed by atoms with van der Waals surface area (Å²) in [7, 11) is 1.60. The van der Waals surface area contributed by atoms with Crippen molar-refractivity contribution >= 4 is 5.91 Å². The van der Waals surface area contributed by atoms with E-state index in [2.05, 4.69) is 0 Å². The predicted octanol–water partition coefficient (Wildman–Crippen LogP) is 3.09. The highest BCUT2D eigenvalue weighted by Gasteiger charge is 2.22. The third-order valence-corrected chi connectivity index (χ3v) is 3.82. The van der Waals surface area contributed by atoms with Crippen LogP contribution in [0.1, 0.15) is 23.6 Å². The van der Waals surface area contributed by atoms with Crippen LogP contribution in [-0.4, -0.2) is 29.6 Å². The van der Waals surface area contributed by atoms with Crippen LogP contribution in [0.25, 0.3) is 0 Å². The van der Waals surface area contributed by atoms with Crippen LogP contribution in [0.2, 0.25) is 0 Å². The molecule has 0 spiro atoms. The SMILES string of the molecule is CN(C(=O)Cc1cccc(F)c1F)C(CCO)c1ccccc1. The zero-order valence-electron chi connectivity index (χ0n) is 12.9. The number of carbonyl (C=O) groups is 1. The Bertz CT molecular complexity index is 661. The Balaban J connectivity index is 2.18. The van der Waals surface area contributed by atoms with Gasteiger partial charge in [-0.1, -0.05) is 42.5 Å². The van der Waals surface area contributed by atoms with E-state index < -0.39 is 11.6 Å². The molecule has 0 aliphatic heterocycles. The molecular formula is C18H19F2NO2. The lowest BCUT2D eigenvalue weighted by atomic mass is 10.0. The van der Waals surface area contributed by atoms with Crippen molar-refractivity contribution in [1.29, 1.82) is 0 Å². The van der Waals surface area contributed by atoms with Gasteiger partial charge in [-0.3, -0.25) is 4.79 Å². The minimum absolute atomic E-state index is 0.0256. The Morgan fingerprint density at radius 3 is 2.48 bits per heavy atom. The van der Waals surface area contributed by atoms with Gasteiger partial charge in [-0.15, -0.1) is 0 Å². The topological polar surface area (TPSA) is 40.5 Å². The maximum atomic E-state index is 13.7. The van der Waals surface area contributed by atoms with Gasteiger partial charge >= 0.3 is 0 Å². The zero-order chi connectivity index (χ0) is 16.8. The van der Waals surface area contributed by atoms with Crippen molar-refractivity contribution in [3.63, 3.8) is 0 Å². The van der Waals surface area contributed by atoms with E-state index in [1.807, 2.05) is 30.3 Å². The molecular weight excluding hydrogens is 300 g/mol. The maximum absolute atomic E-state index is 13.7. The van der Waals surface area contributed by atoms with E-state index in [-0.39, 0.29) is 30.5 Å². The van der Waals surface area contributed by atoms with Gasteiger partial charge in [-0.2, -0.15) is 0 Å². The Morgan fingerprint density at radius 1 is 1.13 bits per heavy atom. The second-order valence-electron chi connectivity index (χ2n) is 5.33. The maximum Gasteiger partial charge on any atom is 0.227 e. The van der Waals surface area contributed by atoms with Crippen LogP contribution in [0, 0.1) is 11.6 Å². The van der Waals surface area contributed by atoms with E-state index in [1.54, 1.807) is 7.05 Å². The molecule has 0 saturated heterocycles. The highest BCUT2D eigenvalue weighted by molar-refractivity contribution is 5.79. The molecule has 1 atom stereocenters. The summed E-state index contributed by atoms with van der Waals surface area (Å²) in [6.07, 6.45) is 0.146. The number of likely N-dealkylation sites (N-methyl/N-ethyl adjacent to an activating group) is 1. The summed E-state index contributed by atoms with van der Waals surface area (Å²) in [5.41, 5.74) is 0.912. The largest absolute Gasteiger partial charge is 0.396 e. The molecule has 0 aliphatic rings.